The van der Waals surface area contributed by atoms with Crippen LogP contribution in [-0.2, 0) is 6.42 Å². The molecule has 4 nitrogen and oxygen atoms in total. The molecule has 2 aromatic rings. The van der Waals surface area contributed by atoms with Crippen molar-refractivity contribution in [2.24, 2.45) is 0 Å². The van der Waals surface area contributed by atoms with Crippen LogP contribution in [0, 0.1) is 5.82 Å². The summed E-state index contributed by atoms with van der Waals surface area (Å²) in [7, 11) is 0. The highest BCUT2D eigenvalue weighted by molar-refractivity contribution is 6.32. The molecule has 0 aliphatic carbocycles. The predicted octanol–water partition coefficient (Wildman–Crippen LogP) is 2.53. The highest BCUT2D eigenvalue weighted by Gasteiger charge is 2.15. The van der Waals surface area contributed by atoms with Gasteiger partial charge in [0.05, 0.1) is 16.3 Å². The van der Waals surface area contributed by atoms with Gasteiger partial charge in [-0.25, -0.2) is 13.8 Å². The van der Waals surface area contributed by atoms with Gasteiger partial charge < -0.3 is 0 Å². The van der Waals surface area contributed by atoms with Crippen LogP contribution in [0.1, 0.15) is 12.5 Å². The summed E-state index contributed by atoms with van der Waals surface area (Å²) in [6.07, 6.45) is 0.335. The molecule has 1 aromatic carbocycles. The highest BCUT2D eigenvalue weighted by Crippen LogP contribution is 2.19. The zero-order valence-corrected chi connectivity index (χ0v) is 11.3. The minimum atomic E-state index is -0.764. The second-order valence-electron chi connectivity index (χ2n) is 3.81. The van der Waals surface area contributed by atoms with Crippen LogP contribution >= 0.6 is 23.2 Å². The van der Waals surface area contributed by atoms with E-state index in [2.05, 4.69) is 4.98 Å². The number of nitrogens with one attached hydrogen (secondary N) is 1. The Morgan fingerprint density at radius 1 is 1.32 bits per heavy atom. The standard InChI is InChI=1S/C12H9Cl2FN2O2/c1-2-7-10(14)16-12(19)17(11(7)18)9-5-6(15)3-4-8(9)13/h3-5H,2H2,1H3,(H,16,19). The van der Waals surface area contributed by atoms with Crippen molar-refractivity contribution < 1.29 is 4.39 Å². The molecular formula is C12H9Cl2FN2O2. The highest BCUT2D eigenvalue weighted by atomic mass is 35.5. The number of hydrogen-bond acceptors (Lipinski definition) is 2. The largest absolute Gasteiger partial charge is 0.334 e. The molecule has 0 amide bonds. The number of aromatic nitrogens is 2. The lowest BCUT2D eigenvalue weighted by Crippen LogP contribution is -2.36. The van der Waals surface area contributed by atoms with Gasteiger partial charge in [-0.3, -0.25) is 9.78 Å². The van der Waals surface area contributed by atoms with E-state index < -0.39 is 17.1 Å². The van der Waals surface area contributed by atoms with Gasteiger partial charge in [0.1, 0.15) is 11.0 Å². The zero-order chi connectivity index (χ0) is 14.2. The first-order chi connectivity index (χ1) is 8.95. The van der Waals surface area contributed by atoms with Gasteiger partial charge >= 0.3 is 5.69 Å². The van der Waals surface area contributed by atoms with E-state index in [9.17, 15) is 14.0 Å². The molecule has 0 unspecified atom stereocenters. The number of H-pyrrole nitrogens is 1. The summed E-state index contributed by atoms with van der Waals surface area (Å²) in [6, 6.07) is 3.44. The summed E-state index contributed by atoms with van der Waals surface area (Å²) in [5.74, 6) is -0.598. The van der Waals surface area contributed by atoms with Crippen molar-refractivity contribution in [2.75, 3.05) is 0 Å². The van der Waals surface area contributed by atoms with Gasteiger partial charge in [-0.15, -0.1) is 0 Å². The van der Waals surface area contributed by atoms with Crippen LogP contribution in [0.15, 0.2) is 27.8 Å². The minimum absolute atomic E-state index is 0.0127. The van der Waals surface area contributed by atoms with E-state index in [1.165, 1.54) is 6.07 Å². The molecular weight excluding hydrogens is 294 g/mol. The number of halogens is 3. The normalized spacial score (nSPS) is 10.7. The Balaban J connectivity index is 2.87. The Labute approximate surface area is 117 Å². The van der Waals surface area contributed by atoms with Crippen LogP contribution in [0.3, 0.4) is 0 Å². The SMILES string of the molecule is CCc1c(Cl)[nH]c(=O)n(-c2cc(F)ccc2Cl)c1=O. The van der Waals surface area contributed by atoms with Crippen molar-refractivity contribution in [1.29, 1.82) is 0 Å². The van der Waals surface area contributed by atoms with Crippen LogP contribution in [0.4, 0.5) is 4.39 Å². The van der Waals surface area contributed by atoms with Gasteiger partial charge in [-0.2, -0.15) is 0 Å². The van der Waals surface area contributed by atoms with E-state index in [1.807, 2.05) is 0 Å². The van der Waals surface area contributed by atoms with Gasteiger partial charge in [-0.1, -0.05) is 30.1 Å². The summed E-state index contributed by atoms with van der Waals surface area (Å²) in [6.45, 7) is 1.72. The molecule has 0 aliphatic rings. The lowest BCUT2D eigenvalue weighted by Gasteiger charge is -2.09. The van der Waals surface area contributed by atoms with Gasteiger partial charge in [0.25, 0.3) is 5.56 Å². The Morgan fingerprint density at radius 3 is 2.63 bits per heavy atom. The fourth-order valence-corrected chi connectivity index (χ4v) is 2.23. The maximum atomic E-state index is 13.2. The first kappa shape index (κ1) is 13.8. The Bertz CT molecular complexity index is 752. The molecule has 1 N–H and O–H groups in total. The van der Waals surface area contributed by atoms with Crippen molar-refractivity contribution in [3.05, 3.63) is 60.6 Å². The van der Waals surface area contributed by atoms with Crippen LogP contribution in [0.5, 0.6) is 0 Å². The van der Waals surface area contributed by atoms with E-state index in [0.29, 0.717) is 6.42 Å². The molecule has 0 spiro atoms. The zero-order valence-electron chi connectivity index (χ0n) is 9.84. The topological polar surface area (TPSA) is 54.9 Å². The molecule has 19 heavy (non-hydrogen) atoms. The monoisotopic (exact) mass is 302 g/mol. The molecule has 0 radical (unpaired) electrons. The Hall–Kier alpha value is -1.59. The maximum absolute atomic E-state index is 13.2. The summed E-state index contributed by atoms with van der Waals surface area (Å²) >= 11 is 11.7. The molecule has 7 heteroatoms. The van der Waals surface area contributed by atoms with Gasteiger partial charge in [0.15, 0.2) is 0 Å². The first-order valence-corrected chi connectivity index (χ1v) is 6.20. The molecule has 0 atom stereocenters. The van der Waals surface area contributed by atoms with Crippen LogP contribution < -0.4 is 11.2 Å². The summed E-state index contributed by atoms with van der Waals surface area (Å²) < 4.78 is 14.0. The fraction of sp³-hybridized carbons (Fsp3) is 0.167. The van der Waals surface area contributed by atoms with Crippen molar-refractivity contribution in [1.82, 2.24) is 9.55 Å². The van der Waals surface area contributed by atoms with E-state index in [-0.39, 0.29) is 21.4 Å². The molecule has 0 aliphatic heterocycles. The number of hydrogen-bond donors (Lipinski definition) is 1. The van der Waals surface area contributed by atoms with E-state index in [0.717, 1.165) is 16.7 Å². The number of aromatic amines is 1. The Kier molecular flexibility index (Phi) is 3.78. The van der Waals surface area contributed by atoms with Gasteiger partial charge in [0, 0.05) is 0 Å². The maximum Gasteiger partial charge on any atom is 0.334 e. The van der Waals surface area contributed by atoms with Crippen molar-refractivity contribution in [3.63, 3.8) is 0 Å². The lowest BCUT2D eigenvalue weighted by atomic mass is 10.2. The van der Waals surface area contributed by atoms with Crippen molar-refractivity contribution in [2.45, 2.75) is 13.3 Å². The van der Waals surface area contributed by atoms with Gasteiger partial charge in [0.2, 0.25) is 0 Å². The molecule has 1 heterocycles. The second kappa shape index (κ2) is 5.19. The van der Waals surface area contributed by atoms with E-state index in [4.69, 9.17) is 23.2 Å². The quantitative estimate of drug-likeness (QED) is 0.867. The average molecular weight is 303 g/mol. The van der Waals surface area contributed by atoms with E-state index in [1.54, 1.807) is 6.92 Å². The third kappa shape index (κ3) is 2.43. The molecule has 0 saturated heterocycles. The molecule has 0 bridgehead atoms. The van der Waals surface area contributed by atoms with Crippen LogP contribution in [0.25, 0.3) is 5.69 Å². The van der Waals surface area contributed by atoms with E-state index >= 15 is 0 Å². The molecule has 0 saturated carbocycles. The summed E-state index contributed by atoms with van der Waals surface area (Å²) in [5, 5.41) is 0.0830. The molecule has 1 aromatic heterocycles. The predicted molar refractivity (Wildman–Crippen MR) is 72.0 cm³/mol. The molecule has 2 rings (SSSR count). The van der Waals surface area contributed by atoms with Crippen molar-refractivity contribution >= 4 is 23.2 Å². The average Bonchev–Trinajstić information content (AvgIpc) is 2.33. The Morgan fingerprint density at radius 2 is 2.00 bits per heavy atom. The fourth-order valence-electron chi connectivity index (χ4n) is 1.73. The minimum Gasteiger partial charge on any atom is -0.297 e. The van der Waals surface area contributed by atoms with Gasteiger partial charge in [-0.05, 0) is 24.6 Å². The third-order valence-electron chi connectivity index (χ3n) is 2.65. The summed E-state index contributed by atoms with van der Waals surface area (Å²) in [4.78, 5) is 26.4. The number of nitrogens with zero attached hydrogens (tertiary/aromatic N) is 1. The smallest absolute Gasteiger partial charge is 0.297 e. The second-order valence-corrected chi connectivity index (χ2v) is 4.60. The molecule has 100 valence electrons. The summed E-state index contributed by atoms with van der Waals surface area (Å²) in [5.41, 5.74) is -1.15. The van der Waals surface area contributed by atoms with Crippen molar-refractivity contribution in [3.8, 4) is 5.69 Å². The van der Waals surface area contributed by atoms with Crippen LogP contribution in [0.2, 0.25) is 10.2 Å². The number of benzene rings is 1. The van der Waals surface area contributed by atoms with Crippen LogP contribution in [-0.4, -0.2) is 9.55 Å². The molecule has 0 fully saturated rings. The number of rotatable bonds is 2. The first-order valence-electron chi connectivity index (χ1n) is 5.44. The lowest BCUT2D eigenvalue weighted by molar-refractivity contribution is 0.625. The third-order valence-corrected chi connectivity index (χ3v) is 3.29.